The maximum absolute atomic E-state index is 14.5. The van der Waals surface area contributed by atoms with Gasteiger partial charge in [0.25, 0.3) is 5.92 Å². The third-order valence-corrected chi connectivity index (χ3v) is 13.2. The molecule has 0 spiro atoms. The first-order chi connectivity index (χ1) is 26.4. The zero-order valence-corrected chi connectivity index (χ0v) is 31.6. The number of anilines is 3. The molecule has 1 saturated carbocycles. The first-order valence-corrected chi connectivity index (χ1v) is 19.5. The van der Waals surface area contributed by atoms with Crippen molar-refractivity contribution in [3.05, 3.63) is 53.9 Å². The van der Waals surface area contributed by atoms with Crippen LogP contribution in [0, 0.1) is 17.3 Å². The number of pyridine rings is 1. The number of rotatable bonds is 8. The van der Waals surface area contributed by atoms with Gasteiger partial charge in [0, 0.05) is 111 Å². The number of alkyl halides is 2. The van der Waals surface area contributed by atoms with Crippen LogP contribution in [0.5, 0.6) is 0 Å². The molecule has 4 amide bonds. The molecule has 13 nitrogen and oxygen atoms in total. The Kier molecular flexibility index (Phi) is 8.72. The minimum Gasteiger partial charge on any atom is -0.357 e. The van der Waals surface area contributed by atoms with E-state index in [1.54, 1.807) is 22.9 Å². The molecule has 0 bridgehead atoms. The third-order valence-electron chi connectivity index (χ3n) is 13.2. The monoisotopic (exact) mass is 754 g/mol. The summed E-state index contributed by atoms with van der Waals surface area (Å²) >= 11 is 0. The number of amides is 4. The molecule has 4 fully saturated rings. The Morgan fingerprint density at radius 2 is 1.82 bits per heavy atom. The SMILES string of the molecule is C[C@@H](C(=O)N(C)c1ccc2cc(-c3n[nH]c4c3C[C@@H]3C(F)(F)[C@]3(C)C4)[nH]c2c1)N1CCN(CC2CCN(c3ccc(N4CCC(=O)NC4=O)cn3)CC2)CC1. The van der Waals surface area contributed by atoms with Crippen molar-refractivity contribution in [1.82, 2.24) is 35.3 Å². The van der Waals surface area contributed by atoms with E-state index < -0.39 is 23.3 Å². The average molecular weight is 755 g/mol. The molecule has 3 atom stereocenters. The smallest absolute Gasteiger partial charge is 0.328 e. The largest absolute Gasteiger partial charge is 0.357 e. The fraction of sp³-hybridized carbons (Fsp3) is 0.525. The molecular weight excluding hydrogens is 707 g/mol. The van der Waals surface area contributed by atoms with Gasteiger partial charge in [-0.2, -0.15) is 5.10 Å². The Morgan fingerprint density at radius 1 is 1.04 bits per heavy atom. The van der Waals surface area contributed by atoms with Gasteiger partial charge in [-0.25, -0.2) is 18.6 Å². The first kappa shape index (κ1) is 35.8. The second kappa shape index (κ2) is 13.4. The molecule has 9 rings (SSSR count). The standard InChI is InChI=1S/C40H48F2N10O3/c1-24(37(54)48(3)27-5-4-26-18-31(44-30(26)19-27)36-29-20-33-39(2,40(33,41)42)21-32(29)46-47-36)50-16-14-49(15-17-50)23-25-8-11-51(12-9-25)34-7-6-28(22-43-34)52-13-10-35(53)45-38(52)55/h4-7,18-19,22,24-25,33,44H,8-17,20-21,23H2,1-3H3,(H,46,47)(H,45,53,55)/t24-,33-,39+/m0/s1. The van der Waals surface area contributed by atoms with Crippen LogP contribution in [-0.2, 0) is 22.4 Å². The van der Waals surface area contributed by atoms with Crippen molar-refractivity contribution in [3.63, 3.8) is 0 Å². The van der Waals surface area contributed by atoms with Gasteiger partial charge in [-0.1, -0.05) is 13.0 Å². The van der Waals surface area contributed by atoms with Crippen LogP contribution in [0.25, 0.3) is 22.3 Å². The molecule has 6 heterocycles. The van der Waals surface area contributed by atoms with Crippen molar-refractivity contribution in [1.29, 1.82) is 0 Å². The Morgan fingerprint density at radius 3 is 2.55 bits per heavy atom. The van der Waals surface area contributed by atoms with Crippen LogP contribution in [-0.4, -0.2) is 119 Å². The summed E-state index contributed by atoms with van der Waals surface area (Å²) in [5.74, 6) is -1.99. The van der Waals surface area contributed by atoms with Gasteiger partial charge in [-0.05, 0) is 62.4 Å². The number of imide groups is 1. The lowest BCUT2D eigenvalue weighted by atomic mass is 9.87. The number of benzene rings is 1. The van der Waals surface area contributed by atoms with Gasteiger partial charge >= 0.3 is 6.03 Å². The summed E-state index contributed by atoms with van der Waals surface area (Å²) in [5.41, 5.74) is 4.54. The summed E-state index contributed by atoms with van der Waals surface area (Å²) in [6, 6.07) is 11.1. The van der Waals surface area contributed by atoms with Crippen LogP contribution in [0.2, 0.25) is 0 Å². The normalized spacial score (nSPS) is 25.1. The molecule has 1 aromatic carbocycles. The zero-order chi connectivity index (χ0) is 38.2. The van der Waals surface area contributed by atoms with Crippen molar-refractivity contribution in [2.75, 3.05) is 74.1 Å². The lowest BCUT2D eigenvalue weighted by molar-refractivity contribution is -0.123. The molecule has 0 radical (unpaired) electrons. The molecule has 0 unspecified atom stereocenters. The van der Waals surface area contributed by atoms with Crippen molar-refractivity contribution < 1.29 is 23.2 Å². The van der Waals surface area contributed by atoms with Gasteiger partial charge in [0.1, 0.15) is 11.5 Å². The number of piperazine rings is 1. The van der Waals surface area contributed by atoms with E-state index >= 15 is 0 Å². The van der Waals surface area contributed by atoms with Crippen LogP contribution in [0.1, 0.15) is 44.4 Å². The van der Waals surface area contributed by atoms with E-state index in [0.717, 1.165) is 98.0 Å². The van der Waals surface area contributed by atoms with E-state index in [1.165, 1.54) is 0 Å². The summed E-state index contributed by atoms with van der Waals surface area (Å²) in [7, 11) is 1.82. The second-order valence-corrected chi connectivity index (χ2v) is 16.4. The number of H-pyrrole nitrogens is 2. The van der Waals surface area contributed by atoms with Crippen LogP contribution in [0.4, 0.5) is 30.8 Å². The van der Waals surface area contributed by atoms with Gasteiger partial charge in [0.05, 0.1) is 23.6 Å². The number of hydrogen-bond donors (Lipinski definition) is 3. The molecule has 290 valence electrons. The lowest BCUT2D eigenvalue weighted by Crippen LogP contribution is -2.55. The van der Waals surface area contributed by atoms with Crippen LogP contribution < -0.4 is 20.0 Å². The van der Waals surface area contributed by atoms with Gasteiger partial charge in [-0.15, -0.1) is 0 Å². The summed E-state index contributed by atoms with van der Waals surface area (Å²) < 4.78 is 29.0. The molecule has 3 aliphatic heterocycles. The predicted molar refractivity (Wildman–Crippen MR) is 205 cm³/mol. The number of hydrogen-bond acceptors (Lipinski definition) is 8. The highest BCUT2D eigenvalue weighted by molar-refractivity contribution is 6.05. The summed E-state index contributed by atoms with van der Waals surface area (Å²) in [4.78, 5) is 55.9. The number of fused-ring (bicyclic) bond motifs is 3. The number of urea groups is 1. The molecule has 3 aromatic heterocycles. The summed E-state index contributed by atoms with van der Waals surface area (Å²) in [5, 5.41) is 10.9. The first-order valence-electron chi connectivity index (χ1n) is 19.5. The molecular formula is C40H48F2N10O3. The fourth-order valence-electron chi connectivity index (χ4n) is 9.42. The van der Waals surface area contributed by atoms with Gasteiger partial charge in [-0.3, -0.25) is 29.8 Å². The molecule has 55 heavy (non-hydrogen) atoms. The number of aromatic amines is 2. The van der Waals surface area contributed by atoms with E-state index in [9.17, 15) is 23.2 Å². The van der Waals surface area contributed by atoms with Crippen LogP contribution >= 0.6 is 0 Å². The number of halogens is 2. The molecule has 15 heteroatoms. The number of carbonyl (C=O) groups excluding carboxylic acids is 3. The van der Waals surface area contributed by atoms with Gasteiger partial charge in [0.15, 0.2) is 0 Å². The minimum atomic E-state index is -2.64. The van der Waals surface area contributed by atoms with Gasteiger partial charge in [0.2, 0.25) is 11.8 Å². The number of piperidine rings is 1. The van der Waals surface area contributed by atoms with Crippen molar-refractivity contribution in [2.24, 2.45) is 17.3 Å². The van der Waals surface area contributed by atoms with E-state index in [4.69, 9.17) is 0 Å². The maximum atomic E-state index is 14.5. The number of carbonyl (C=O) groups is 3. The van der Waals surface area contributed by atoms with E-state index in [1.807, 2.05) is 50.4 Å². The third kappa shape index (κ3) is 6.24. The minimum absolute atomic E-state index is 0.0395. The molecule has 3 saturated heterocycles. The van der Waals surface area contributed by atoms with E-state index in [-0.39, 0.29) is 24.3 Å². The van der Waals surface area contributed by atoms with Crippen molar-refractivity contribution in [3.8, 4) is 11.4 Å². The second-order valence-electron chi connectivity index (χ2n) is 16.4. The summed E-state index contributed by atoms with van der Waals surface area (Å²) in [6.07, 6.45) is 4.78. The maximum Gasteiger partial charge on any atom is 0.328 e. The van der Waals surface area contributed by atoms with Crippen molar-refractivity contribution >= 4 is 45.9 Å². The number of aromatic nitrogens is 4. The molecule has 2 aliphatic carbocycles. The predicted octanol–water partition coefficient (Wildman–Crippen LogP) is 4.65. The van der Waals surface area contributed by atoms with Crippen molar-refractivity contribution in [2.45, 2.75) is 57.9 Å². The van der Waals surface area contributed by atoms with E-state index in [2.05, 4.69) is 40.2 Å². The van der Waals surface area contributed by atoms with Crippen LogP contribution in [0.3, 0.4) is 0 Å². The van der Waals surface area contributed by atoms with E-state index in [0.29, 0.717) is 36.7 Å². The Labute approximate surface area is 318 Å². The number of likely N-dealkylation sites (N-methyl/N-ethyl adjacent to an activating group) is 1. The Hall–Kier alpha value is -4.89. The highest BCUT2D eigenvalue weighted by Crippen LogP contribution is 2.70. The zero-order valence-electron chi connectivity index (χ0n) is 31.6. The number of nitrogens with zero attached hydrogens (tertiary/aromatic N) is 7. The number of nitrogens with one attached hydrogen (secondary N) is 3. The highest BCUT2D eigenvalue weighted by atomic mass is 19.3. The Bertz CT molecular complexity index is 2140. The topological polar surface area (TPSA) is 137 Å². The highest BCUT2D eigenvalue weighted by Gasteiger charge is 2.78. The quantitative estimate of drug-likeness (QED) is 0.237. The molecule has 5 aliphatic rings. The van der Waals surface area contributed by atoms with Gasteiger partial charge < -0.3 is 19.7 Å². The lowest BCUT2D eigenvalue weighted by Gasteiger charge is -2.41. The van der Waals surface area contributed by atoms with Crippen LogP contribution in [0.15, 0.2) is 42.6 Å². The average Bonchev–Trinajstić information content (AvgIpc) is 3.57. The fourth-order valence-corrected chi connectivity index (χ4v) is 9.42. The Balaban J connectivity index is 0.752. The molecule has 4 aromatic rings. The molecule has 3 N–H and O–H groups in total. The summed E-state index contributed by atoms with van der Waals surface area (Å²) in [6.45, 7) is 10.4.